The summed E-state index contributed by atoms with van der Waals surface area (Å²) in [6, 6.07) is 6.09. The van der Waals surface area contributed by atoms with Gasteiger partial charge in [-0.25, -0.2) is 9.98 Å². The molecule has 6 N–H and O–H groups in total. The highest BCUT2D eigenvalue weighted by molar-refractivity contribution is 5.98. The maximum absolute atomic E-state index is 11.6. The third kappa shape index (κ3) is 3.59. The molecule has 11 heteroatoms. The van der Waals surface area contributed by atoms with Crippen LogP contribution in [0.4, 0.5) is 17.3 Å². The molecule has 11 nitrogen and oxygen atoms in total. The van der Waals surface area contributed by atoms with Gasteiger partial charge >= 0.3 is 5.97 Å². The van der Waals surface area contributed by atoms with Crippen LogP contribution in [0.2, 0.25) is 0 Å². The number of guanidine groups is 1. The lowest BCUT2D eigenvalue weighted by Crippen LogP contribution is -2.32. The number of aromatic nitrogens is 1. The van der Waals surface area contributed by atoms with Crippen molar-refractivity contribution >= 4 is 29.3 Å². The minimum absolute atomic E-state index is 0.0351. The highest BCUT2D eigenvalue weighted by Crippen LogP contribution is 2.42. The van der Waals surface area contributed by atoms with Crippen molar-refractivity contribution in [2.75, 3.05) is 23.9 Å². The SMILES string of the molecule is CCC(=O)Oc1ccc(C2N=C(NC#N)Nc3nc(N)c(C#N)c(N)c32)cc1OC. The number of nitrogen functional groups attached to an aromatic ring is 2. The van der Waals surface area contributed by atoms with E-state index in [4.69, 9.17) is 26.2 Å². The van der Waals surface area contributed by atoms with Crippen LogP contribution in [0.1, 0.15) is 36.1 Å². The van der Waals surface area contributed by atoms with Gasteiger partial charge in [-0.05, 0) is 17.7 Å². The average molecular weight is 406 g/mol. The zero-order valence-electron chi connectivity index (χ0n) is 16.2. The number of ether oxygens (including phenoxy) is 2. The van der Waals surface area contributed by atoms with Crippen LogP contribution in [0.25, 0.3) is 0 Å². The van der Waals surface area contributed by atoms with Crippen LogP contribution in [0.3, 0.4) is 0 Å². The predicted octanol–water partition coefficient (Wildman–Crippen LogP) is 1.38. The monoisotopic (exact) mass is 406 g/mol. The Bertz CT molecular complexity index is 1130. The van der Waals surface area contributed by atoms with E-state index in [9.17, 15) is 10.1 Å². The van der Waals surface area contributed by atoms with Crippen molar-refractivity contribution < 1.29 is 14.3 Å². The Morgan fingerprint density at radius 2 is 2.10 bits per heavy atom. The largest absolute Gasteiger partial charge is 0.493 e. The highest BCUT2D eigenvalue weighted by atomic mass is 16.6. The number of benzene rings is 1. The van der Waals surface area contributed by atoms with Crippen LogP contribution in [0.5, 0.6) is 11.5 Å². The zero-order valence-corrected chi connectivity index (χ0v) is 16.2. The molecule has 0 radical (unpaired) electrons. The molecular formula is C19H18N8O3. The van der Waals surface area contributed by atoms with E-state index < -0.39 is 12.0 Å². The molecule has 1 aromatic carbocycles. The molecule has 1 unspecified atom stereocenters. The van der Waals surface area contributed by atoms with E-state index in [1.54, 1.807) is 31.3 Å². The highest BCUT2D eigenvalue weighted by Gasteiger charge is 2.30. The number of hydrogen-bond acceptors (Lipinski definition) is 11. The van der Waals surface area contributed by atoms with E-state index in [2.05, 4.69) is 20.6 Å². The van der Waals surface area contributed by atoms with Gasteiger partial charge in [0, 0.05) is 12.0 Å². The van der Waals surface area contributed by atoms with E-state index in [0.717, 1.165) is 0 Å². The summed E-state index contributed by atoms with van der Waals surface area (Å²) in [7, 11) is 1.44. The number of nitrogens with one attached hydrogen (secondary N) is 2. The summed E-state index contributed by atoms with van der Waals surface area (Å²) >= 11 is 0. The lowest BCUT2D eigenvalue weighted by molar-refractivity contribution is -0.134. The summed E-state index contributed by atoms with van der Waals surface area (Å²) in [5.74, 6) is 0.505. The zero-order chi connectivity index (χ0) is 21.8. The lowest BCUT2D eigenvalue weighted by Gasteiger charge is -2.26. The fraction of sp³-hybridized carbons (Fsp3) is 0.211. The van der Waals surface area contributed by atoms with Crippen molar-refractivity contribution in [3.63, 3.8) is 0 Å². The fourth-order valence-electron chi connectivity index (χ4n) is 2.96. The first kappa shape index (κ1) is 20.2. The van der Waals surface area contributed by atoms with Gasteiger partial charge in [-0.15, -0.1) is 0 Å². The standard InChI is InChI=1S/C19H18N8O3/c1-3-13(28)30-11-5-4-9(6-12(11)29-2)16-14-15(22)10(7-20)17(23)26-18(14)27-19(25-16)24-8-21/h4-6,16H,3H2,1-2H3,(H6,22,23,24,25,26,27). The quantitative estimate of drug-likeness (QED) is 0.250. The maximum atomic E-state index is 11.6. The van der Waals surface area contributed by atoms with Crippen molar-refractivity contribution in [3.05, 3.63) is 34.9 Å². The Balaban J connectivity index is 2.16. The number of aliphatic imine (C=N–C) groups is 1. The van der Waals surface area contributed by atoms with Crippen LogP contribution in [-0.4, -0.2) is 24.0 Å². The van der Waals surface area contributed by atoms with Crippen LogP contribution in [-0.2, 0) is 4.79 Å². The molecule has 152 valence electrons. The van der Waals surface area contributed by atoms with Gasteiger partial charge in [-0.2, -0.15) is 10.5 Å². The van der Waals surface area contributed by atoms with E-state index >= 15 is 0 Å². The van der Waals surface area contributed by atoms with E-state index in [0.29, 0.717) is 16.9 Å². The van der Waals surface area contributed by atoms with Crippen LogP contribution in [0, 0.1) is 22.8 Å². The summed E-state index contributed by atoms with van der Waals surface area (Å²) in [4.78, 5) is 20.3. The Morgan fingerprint density at radius 1 is 1.33 bits per heavy atom. The Labute approximate surface area is 171 Å². The molecule has 2 aromatic rings. The number of methoxy groups -OCH3 is 1. The van der Waals surface area contributed by atoms with Gasteiger partial charge in [0.15, 0.2) is 17.7 Å². The van der Waals surface area contributed by atoms with Crippen molar-refractivity contribution in [1.82, 2.24) is 10.3 Å². The molecule has 0 saturated heterocycles. The molecule has 1 aromatic heterocycles. The Hall–Kier alpha value is -4.51. The molecule has 1 aliphatic rings. The van der Waals surface area contributed by atoms with Crippen LogP contribution in [0.15, 0.2) is 23.2 Å². The van der Waals surface area contributed by atoms with Crippen molar-refractivity contribution in [2.45, 2.75) is 19.4 Å². The van der Waals surface area contributed by atoms with Crippen molar-refractivity contribution in [2.24, 2.45) is 4.99 Å². The third-order valence-corrected chi connectivity index (χ3v) is 4.37. The molecule has 0 fully saturated rings. The molecule has 0 spiro atoms. The van der Waals surface area contributed by atoms with E-state index in [1.165, 1.54) is 7.11 Å². The summed E-state index contributed by atoms with van der Waals surface area (Å²) in [5.41, 5.74) is 13.2. The minimum Gasteiger partial charge on any atom is -0.493 e. The summed E-state index contributed by atoms with van der Waals surface area (Å²) in [6.07, 6.45) is 1.99. The number of nitrogens with two attached hydrogens (primary N) is 2. The molecule has 1 atom stereocenters. The molecule has 1 aliphatic heterocycles. The van der Waals surface area contributed by atoms with Gasteiger partial charge in [0.05, 0.1) is 12.8 Å². The topological polar surface area (TPSA) is 184 Å². The number of carbonyl (C=O) groups excluding carboxylic acids is 1. The average Bonchev–Trinajstić information content (AvgIpc) is 2.73. The second-order valence-electron chi connectivity index (χ2n) is 6.14. The van der Waals surface area contributed by atoms with Gasteiger partial charge in [0.25, 0.3) is 0 Å². The first-order chi connectivity index (χ1) is 14.4. The number of esters is 1. The fourth-order valence-corrected chi connectivity index (χ4v) is 2.96. The smallest absolute Gasteiger partial charge is 0.311 e. The van der Waals surface area contributed by atoms with E-state index in [1.807, 2.05) is 6.07 Å². The van der Waals surface area contributed by atoms with Crippen LogP contribution < -0.4 is 31.6 Å². The summed E-state index contributed by atoms with van der Waals surface area (Å²) in [5, 5.41) is 23.6. The van der Waals surface area contributed by atoms with Crippen LogP contribution >= 0.6 is 0 Å². The molecule has 2 heterocycles. The predicted molar refractivity (Wildman–Crippen MR) is 108 cm³/mol. The number of fused-ring (bicyclic) bond motifs is 1. The first-order valence-corrected chi connectivity index (χ1v) is 8.80. The second kappa shape index (κ2) is 8.24. The number of anilines is 3. The molecule has 3 rings (SSSR count). The number of hydrogen-bond donors (Lipinski definition) is 4. The molecule has 30 heavy (non-hydrogen) atoms. The molecule has 0 bridgehead atoms. The van der Waals surface area contributed by atoms with Gasteiger partial charge in [-0.1, -0.05) is 13.0 Å². The number of rotatable bonds is 4. The van der Waals surface area contributed by atoms with Gasteiger partial charge in [0.2, 0.25) is 5.96 Å². The van der Waals surface area contributed by atoms with E-state index in [-0.39, 0.29) is 41.0 Å². The lowest BCUT2D eigenvalue weighted by atomic mass is 9.95. The summed E-state index contributed by atoms with van der Waals surface area (Å²) < 4.78 is 10.6. The molecule has 0 saturated carbocycles. The number of carbonyl (C=O) groups is 1. The summed E-state index contributed by atoms with van der Waals surface area (Å²) in [6.45, 7) is 1.68. The normalized spacial score (nSPS) is 14.3. The second-order valence-corrected chi connectivity index (χ2v) is 6.14. The third-order valence-electron chi connectivity index (χ3n) is 4.37. The molecule has 0 aliphatic carbocycles. The maximum Gasteiger partial charge on any atom is 0.311 e. The Kier molecular flexibility index (Phi) is 5.56. The first-order valence-electron chi connectivity index (χ1n) is 8.80. The number of nitriles is 2. The Morgan fingerprint density at radius 3 is 2.73 bits per heavy atom. The van der Waals surface area contributed by atoms with Crippen molar-refractivity contribution in [3.8, 4) is 23.8 Å². The van der Waals surface area contributed by atoms with Gasteiger partial charge in [0.1, 0.15) is 29.3 Å². The molecule has 0 amide bonds. The van der Waals surface area contributed by atoms with Gasteiger partial charge < -0.3 is 26.3 Å². The number of pyridine rings is 1. The minimum atomic E-state index is -0.734. The van der Waals surface area contributed by atoms with Crippen molar-refractivity contribution in [1.29, 1.82) is 10.5 Å². The number of nitrogens with zero attached hydrogens (tertiary/aromatic N) is 4. The molecular weight excluding hydrogens is 388 g/mol. The van der Waals surface area contributed by atoms with Gasteiger partial charge in [-0.3, -0.25) is 10.1 Å².